The van der Waals surface area contributed by atoms with Crippen LogP contribution >= 0.6 is 0 Å². The number of aryl methyl sites for hydroxylation is 2. The Morgan fingerprint density at radius 1 is 0.766 bits per heavy atom. The van der Waals surface area contributed by atoms with Crippen molar-refractivity contribution in [2.45, 2.75) is 66.2 Å². The highest BCUT2D eigenvalue weighted by molar-refractivity contribution is 6.10. The Bertz CT molecular complexity index is 3200. The Morgan fingerprint density at radius 2 is 1.27 bits per heavy atom. The van der Waals surface area contributed by atoms with Crippen molar-refractivity contribution in [1.29, 1.82) is 0 Å². The maximum absolute atomic E-state index is 13.9. The van der Waals surface area contributed by atoms with E-state index in [-0.39, 0.29) is 74.3 Å². The number of anilines is 2. The molecule has 4 heterocycles. The normalized spacial score (nSPS) is 11.1. The van der Waals surface area contributed by atoms with Crippen LogP contribution in [-0.2, 0) is 18.7 Å². The first-order valence-corrected chi connectivity index (χ1v) is 19.0. The third-order valence-electron chi connectivity index (χ3n) is 9.55. The van der Waals surface area contributed by atoms with Crippen molar-refractivity contribution in [3.05, 3.63) is 187 Å². The SMILES string of the molecule is [C-]#[N+]c1cc(C)cc(C(=O)c2c(C(C)(C)O)c(=O)[nH]c(=O)n2Cc2cc(N)nc(F)c2)c1.[C-]#[N+]c1cc(C)cc(C(=O)c2c(C(C)C)c(=O)[nH]c(=O)n2Cc2cc(N)nc(F)c2O)c1. The van der Waals surface area contributed by atoms with E-state index < -0.39 is 69.8 Å². The van der Waals surface area contributed by atoms with Gasteiger partial charge in [0.1, 0.15) is 23.0 Å². The van der Waals surface area contributed by atoms with Crippen LogP contribution in [0.1, 0.15) is 99.1 Å². The molecule has 328 valence electrons. The summed E-state index contributed by atoms with van der Waals surface area (Å²) in [6, 6.07) is 12.4. The summed E-state index contributed by atoms with van der Waals surface area (Å²) in [7, 11) is 0. The van der Waals surface area contributed by atoms with Gasteiger partial charge in [-0.1, -0.05) is 49.2 Å². The largest absolute Gasteiger partial charge is 0.503 e. The highest BCUT2D eigenvalue weighted by Gasteiger charge is 2.32. The Balaban J connectivity index is 0.000000241. The molecule has 0 atom stereocenters. The number of hydrogen-bond acceptors (Lipinski definition) is 12. The summed E-state index contributed by atoms with van der Waals surface area (Å²) >= 11 is 0. The maximum atomic E-state index is 13.9. The van der Waals surface area contributed by atoms with Gasteiger partial charge in [0.05, 0.1) is 37.4 Å². The van der Waals surface area contributed by atoms with Crippen LogP contribution in [0.2, 0.25) is 0 Å². The molecule has 0 bridgehead atoms. The van der Waals surface area contributed by atoms with Gasteiger partial charge in [-0.05, 0) is 69.5 Å². The molecule has 0 fully saturated rings. The molecule has 64 heavy (non-hydrogen) atoms. The van der Waals surface area contributed by atoms with Gasteiger partial charge in [-0.25, -0.2) is 24.3 Å². The molecule has 2 aromatic carbocycles. The van der Waals surface area contributed by atoms with E-state index >= 15 is 0 Å². The summed E-state index contributed by atoms with van der Waals surface area (Å²) in [6.45, 7) is 23.0. The molecule has 0 aliphatic rings. The van der Waals surface area contributed by atoms with E-state index in [2.05, 4.69) is 29.6 Å². The molecule has 0 saturated heterocycles. The van der Waals surface area contributed by atoms with Crippen molar-refractivity contribution < 1.29 is 28.6 Å². The Labute approximate surface area is 361 Å². The number of H-pyrrole nitrogens is 2. The summed E-state index contributed by atoms with van der Waals surface area (Å²) in [6.07, 6.45) is 0. The average Bonchev–Trinajstić information content (AvgIpc) is 3.19. The lowest BCUT2D eigenvalue weighted by Crippen LogP contribution is -2.42. The Morgan fingerprint density at radius 3 is 1.77 bits per heavy atom. The molecule has 0 unspecified atom stereocenters. The van der Waals surface area contributed by atoms with Crippen LogP contribution in [0.4, 0.5) is 31.8 Å². The van der Waals surface area contributed by atoms with E-state index in [1.54, 1.807) is 45.9 Å². The summed E-state index contributed by atoms with van der Waals surface area (Å²) in [5.74, 6) is -5.16. The van der Waals surface area contributed by atoms with E-state index in [4.69, 9.17) is 24.6 Å². The number of nitrogens with two attached hydrogens (primary N) is 2. The van der Waals surface area contributed by atoms with Crippen molar-refractivity contribution >= 4 is 34.6 Å². The Kier molecular flexibility index (Phi) is 13.4. The molecule has 0 saturated carbocycles. The lowest BCUT2D eigenvalue weighted by molar-refractivity contribution is 0.0729. The van der Waals surface area contributed by atoms with E-state index in [9.17, 15) is 47.8 Å². The zero-order valence-corrected chi connectivity index (χ0v) is 35.1. The molecule has 0 radical (unpaired) electrons. The van der Waals surface area contributed by atoms with Crippen LogP contribution in [0.3, 0.4) is 0 Å². The Hall–Kier alpha value is -8.36. The predicted molar refractivity (Wildman–Crippen MR) is 231 cm³/mol. The quantitative estimate of drug-likeness (QED) is 0.0625. The highest BCUT2D eigenvalue weighted by Crippen LogP contribution is 2.28. The minimum absolute atomic E-state index is 0.0439. The summed E-state index contributed by atoms with van der Waals surface area (Å²) in [5, 5.41) is 20.7. The van der Waals surface area contributed by atoms with Gasteiger partial charge in [0.2, 0.25) is 17.5 Å². The lowest BCUT2D eigenvalue weighted by Gasteiger charge is -2.23. The van der Waals surface area contributed by atoms with Crippen LogP contribution in [0, 0.1) is 38.9 Å². The van der Waals surface area contributed by atoms with Gasteiger partial charge in [-0.15, -0.1) is 0 Å². The van der Waals surface area contributed by atoms with Crippen LogP contribution in [0.15, 0.2) is 73.8 Å². The first-order valence-electron chi connectivity index (χ1n) is 19.0. The lowest BCUT2D eigenvalue weighted by atomic mass is 9.93. The van der Waals surface area contributed by atoms with Crippen LogP contribution in [0.25, 0.3) is 9.69 Å². The maximum Gasteiger partial charge on any atom is 0.329 e. The summed E-state index contributed by atoms with van der Waals surface area (Å²) in [5.41, 5.74) is 6.91. The monoisotopic (exact) mass is 874 g/mol. The van der Waals surface area contributed by atoms with Gasteiger partial charge in [-0.2, -0.15) is 13.8 Å². The molecule has 0 aliphatic heterocycles. The number of benzene rings is 2. The first kappa shape index (κ1) is 46.7. The number of carbonyl (C=O) groups is 2. The number of aromatic amines is 2. The molecule has 0 amide bonds. The van der Waals surface area contributed by atoms with Crippen molar-refractivity contribution in [2.24, 2.45) is 0 Å². The van der Waals surface area contributed by atoms with Crippen LogP contribution in [-0.4, -0.2) is 50.8 Å². The van der Waals surface area contributed by atoms with Crippen LogP contribution in [0.5, 0.6) is 5.75 Å². The fourth-order valence-electron chi connectivity index (χ4n) is 6.95. The number of halogens is 2. The standard InChI is InChI=1S/2C22H20FN5O4/c1-11-5-13(9-14(6-11)25-4)19(29)18-17(22(2,3)32)20(30)27-21(31)28(18)10-12-7-15(23)26-16(24)8-12;1-10(2)16-17(18(29)12-5-11(3)6-14(7-12)25-4)28(22(32)27-21(16)31)9-13-8-15(24)26-20(23)19(13)30/h5-9,32H,10H2,1-3H3,(H2,24,26)(H,27,30,31);5-8,10,30H,9H2,1-3H3,(H2,24,26)(H,27,31,32). The molecule has 20 heteroatoms. The van der Waals surface area contributed by atoms with Gasteiger partial charge in [0, 0.05) is 22.3 Å². The molecule has 6 aromatic rings. The second kappa shape index (κ2) is 18.3. The average molecular weight is 875 g/mol. The molecule has 0 aliphatic carbocycles. The van der Waals surface area contributed by atoms with E-state index in [0.29, 0.717) is 11.1 Å². The topological polar surface area (TPSA) is 271 Å². The third-order valence-corrected chi connectivity index (χ3v) is 9.55. The van der Waals surface area contributed by atoms with E-state index in [0.717, 1.165) is 15.2 Å². The number of carbonyl (C=O) groups excluding carboxylic acids is 2. The number of nitrogens with one attached hydrogen (secondary N) is 2. The second-order valence-corrected chi connectivity index (χ2v) is 15.5. The smallest absolute Gasteiger partial charge is 0.329 e. The molecular weight excluding hydrogens is 835 g/mol. The van der Waals surface area contributed by atoms with Gasteiger partial charge in [0.15, 0.2) is 17.1 Å². The number of aromatic hydroxyl groups is 1. The van der Waals surface area contributed by atoms with Crippen molar-refractivity contribution in [3.63, 3.8) is 0 Å². The number of nitrogen functional groups attached to an aromatic ring is 2. The molecule has 18 nitrogen and oxygen atoms in total. The number of aromatic nitrogens is 6. The number of rotatable bonds is 10. The van der Waals surface area contributed by atoms with E-state index in [1.165, 1.54) is 44.2 Å². The van der Waals surface area contributed by atoms with Crippen molar-refractivity contribution in [2.75, 3.05) is 11.5 Å². The minimum Gasteiger partial charge on any atom is -0.503 e. The zero-order valence-electron chi connectivity index (χ0n) is 35.1. The van der Waals surface area contributed by atoms with Crippen molar-refractivity contribution in [3.8, 4) is 5.75 Å². The summed E-state index contributed by atoms with van der Waals surface area (Å²) in [4.78, 5) is 95.5. The molecule has 8 N–H and O–H groups in total. The fourth-order valence-corrected chi connectivity index (χ4v) is 6.95. The molecular formula is C44H40F2N10O8. The third kappa shape index (κ3) is 10.0. The molecule has 6 rings (SSSR count). The summed E-state index contributed by atoms with van der Waals surface area (Å²) < 4.78 is 29.5. The van der Waals surface area contributed by atoms with Gasteiger partial charge in [-0.3, -0.25) is 38.3 Å². The minimum atomic E-state index is -1.80. The number of hydrogen-bond donors (Lipinski definition) is 6. The van der Waals surface area contributed by atoms with Crippen molar-refractivity contribution in [1.82, 2.24) is 29.1 Å². The number of nitrogens with zero attached hydrogens (tertiary/aromatic N) is 6. The van der Waals surface area contributed by atoms with Gasteiger partial charge in [0.25, 0.3) is 17.1 Å². The highest BCUT2D eigenvalue weighted by atomic mass is 19.1. The molecule has 0 spiro atoms. The predicted octanol–water partition coefficient (Wildman–Crippen LogP) is 4.64. The molecule has 4 aromatic heterocycles. The van der Waals surface area contributed by atoms with Gasteiger partial charge < -0.3 is 21.7 Å². The fraction of sp³-hybridized carbons (Fsp3) is 0.227. The second-order valence-electron chi connectivity index (χ2n) is 15.5. The van der Waals surface area contributed by atoms with E-state index in [1.807, 2.05) is 0 Å². The zero-order chi connectivity index (χ0) is 47.5. The number of ketones is 2. The number of aliphatic hydroxyl groups is 1. The first-order chi connectivity index (χ1) is 29.9. The van der Waals surface area contributed by atoms with Gasteiger partial charge >= 0.3 is 11.4 Å². The van der Waals surface area contributed by atoms with Crippen LogP contribution < -0.4 is 34.0 Å². The number of pyridine rings is 2.